The number of fused-ring (bicyclic) bond motifs is 5. The molecule has 0 N–H and O–H groups in total. The van der Waals surface area contributed by atoms with Crippen molar-refractivity contribution in [1.82, 2.24) is 0 Å². The third kappa shape index (κ3) is 4.46. The minimum Gasteiger partial charge on any atom is -0.0622 e. The van der Waals surface area contributed by atoms with Gasteiger partial charge in [0, 0.05) is 0 Å². The Balaban J connectivity index is 1.33. The van der Waals surface area contributed by atoms with Crippen LogP contribution < -0.4 is 0 Å². The fourth-order valence-corrected chi connectivity index (χ4v) is 8.24. The summed E-state index contributed by atoms with van der Waals surface area (Å²) < 4.78 is 0. The second-order valence-electron chi connectivity index (χ2n) is 13.2. The second kappa shape index (κ2) is 11.6. The van der Waals surface area contributed by atoms with Crippen LogP contribution in [0.15, 0.2) is 194 Å². The van der Waals surface area contributed by atoms with E-state index in [-0.39, 0.29) is 0 Å². The van der Waals surface area contributed by atoms with Crippen LogP contribution in [0, 0.1) is 0 Å². The predicted molar refractivity (Wildman–Crippen MR) is 216 cm³/mol. The fraction of sp³-hybridized carbons (Fsp3) is 0. The zero-order valence-electron chi connectivity index (χ0n) is 27.5. The fourth-order valence-electron chi connectivity index (χ4n) is 8.24. The van der Waals surface area contributed by atoms with Gasteiger partial charge in [-0.25, -0.2) is 0 Å². The maximum atomic E-state index is 2.36. The highest BCUT2D eigenvalue weighted by molar-refractivity contribution is 6.25. The third-order valence-electron chi connectivity index (χ3n) is 10.4. The van der Waals surface area contributed by atoms with Crippen molar-refractivity contribution in [2.75, 3.05) is 0 Å². The third-order valence-corrected chi connectivity index (χ3v) is 10.4. The van der Waals surface area contributed by atoms with Crippen LogP contribution in [0.25, 0.3) is 98.4 Å². The van der Waals surface area contributed by atoms with E-state index in [1.165, 1.54) is 98.4 Å². The molecule has 0 saturated carbocycles. The molecule has 0 heteroatoms. The summed E-state index contributed by atoms with van der Waals surface area (Å²) in [6.07, 6.45) is 0. The van der Waals surface area contributed by atoms with Crippen LogP contribution in [0.1, 0.15) is 0 Å². The van der Waals surface area contributed by atoms with Gasteiger partial charge in [0.25, 0.3) is 0 Å². The van der Waals surface area contributed by atoms with E-state index in [1.54, 1.807) is 0 Å². The van der Waals surface area contributed by atoms with E-state index in [0.29, 0.717) is 0 Å². The number of hydrogen-bond donors (Lipinski definition) is 0. The molecule has 0 heterocycles. The first-order valence-electron chi connectivity index (χ1n) is 17.4. The standard InChI is InChI=1S/C50H32/c1-2-15-35(16-3-1)39-30-31-47(46-27-13-26-41(49(39)46)40-25-12-19-34-17-6-7-20-38(34)40)50-44-23-10-8-21-42(44)48(43-22-9-11-24-45(43)50)37-29-28-33-14-4-5-18-36(33)32-37/h1-32H. The molecule has 0 atom stereocenters. The zero-order valence-corrected chi connectivity index (χ0v) is 27.5. The molecule has 0 spiro atoms. The van der Waals surface area contributed by atoms with Gasteiger partial charge in [-0.2, -0.15) is 0 Å². The summed E-state index contributed by atoms with van der Waals surface area (Å²) in [6, 6.07) is 71.4. The minimum atomic E-state index is 1.22. The Bertz CT molecular complexity index is 2850. The van der Waals surface area contributed by atoms with Crippen LogP contribution in [0.3, 0.4) is 0 Å². The number of rotatable bonds is 4. The summed E-state index contributed by atoms with van der Waals surface area (Å²) in [5.41, 5.74) is 10.0. The molecule has 0 aliphatic heterocycles. The van der Waals surface area contributed by atoms with Crippen LogP contribution in [-0.2, 0) is 0 Å². The maximum absolute atomic E-state index is 2.36. The van der Waals surface area contributed by atoms with Gasteiger partial charge in [-0.15, -0.1) is 0 Å². The lowest BCUT2D eigenvalue weighted by Gasteiger charge is -2.21. The molecule has 0 unspecified atom stereocenters. The predicted octanol–water partition coefficient (Wildman–Crippen LogP) is 14.1. The van der Waals surface area contributed by atoms with E-state index in [9.17, 15) is 0 Å². The van der Waals surface area contributed by atoms with Gasteiger partial charge < -0.3 is 0 Å². The van der Waals surface area contributed by atoms with Crippen LogP contribution in [0.2, 0.25) is 0 Å². The van der Waals surface area contributed by atoms with Crippen LogP contribution in [-0.4, -0.2) is 0 Å². The molecule has 0 nitrogen and oxygen atoms in total. The summed E-state index contributed by atoms with van der Waals surface area (Å²) in [6.45, 7) is 0. The first kappa shape index (κ1) is 28.5. The van der Waals surface area contributed by atoms with E-state index in [2.05, 4.69) is 194 Å². The molecule has 0 bridgehead atoms. The maximum Gasteiger partial charge on any atom is -0.00201 e. The molecular formula is C50H32. The van der Waals surface area contributed by atoms with Crippen molar-refractivity contribution < 1.29 is 0 Å². The van der Waals surface area contributed by atoms with Crippen molar-refractivity contribution in [1.29, 1.82) is 0 Å². The van der Waals surface area contributed by atoms with Crippen molar-refractivity contribution in [3.63, 3.8) is 0 Å². The van der Waals surface area contributed by atoms with E-state index in [4.69, 9.17) is 0 Å². The topological polar surface area (TPSA) is 0 Å². The molecule has 0 amide bonds. The summed E-state index contributed by atoms with van der Waals surface area (Å²) in [7, 11) is 0. The van der Waals surface area contributed by atoms with E-state index in [1.807, 2.05) is 0 Å². The molecule has 0 aliphatic carbocycles. The highest BCUT2D eigenvalue weighted by atomic mass is 14.2. The molecule has 10 aromatic rings. The van der Waals surface area contributed by atoms with Crippen molar-refractivity contribution in [2.24, 2.45) is 0 Å². The first-order chi connectivity index (χ1) is 24.8. The molecule has 0 fully saturated rings. The molecular weight excluding hydrogens is 601 g/mol. The quantitative estimate of drug-likeness (QED) is 0.169. The van der Waals surface area contributed by atoms with Gasteiger partial charge in [-0.3, -0.25) is 0 Å². The highest BCUT2D eigenvalue weighted by Crippen LogP contribution is 2.48. The van der Waals surface area contributed by atoms with Gasteiger partial charge in [0.1, 0.15) is 0 Å². The largest absolute Gasteiger partial charge is 0.0622 e. The van der Waals surface area contributed by atoms with E-state index in [0.717, 1.165) is 0 Å². The van der Waals surface area contributed by atoms with Crippen LogP contribution in [0.4, 0.5) is 0 Å². The van der Waals surface area contributed by atoms with Crippen molar-refractivity contribution in [3.05, 3.63) is 194 Å². The monoisotopic (exact) mass is 632 g/mol. The zero-order chi connectivity index (χ0) is 33.0. The van der Waals surface area contributed by atoms with E-state index >= 15 is 0 Å². The van der Waals surface area contributed by atoms with Crippen LogP contribution >= 0.6 is 0 Å². The molecule has 0 radical (unpaired) electrons. The van der Waals surface area contributed by atoms with Crippen molar-refractivity contribution in [3.8, 4) is 44.5 Å². The van der Waals surface area contributed by atoms with Gasteiger partial charge in [0.05, 0.1) is 0 Å². The minimum absolute atomic E-state index is 1.22. The normalized spacial score (nSPS) is 11.6. The first-order valence-corrected chi connectivity index (χ1v) is 17.4. The Kier molecular flexibility index (Phi) is 6.60. The van der Waals surface area contributed by atoms with Gasteiger partial charge in [-0.1, -0.05) is 188 Å². The lowest BCUT2D eigenvalue weighted by atomic mass is 9.82. The van der Waals surface area contributed by atoms with Crippen LogP contribution in [0.5, 0.6) is 0 Å². The smallest absolute Gasteiger partial charge is 0.00201 e. The second-order valence-corrected chi connectivity index (χ2v) is 13.2. The SMILES string of the molecule is c1ccc(-c2ccc(-c3c4ccccc4c(-c4ccc5ccccc5c4)c4ccccc34)c3cccc(-c4cccc5ccccc45)c23)cc1. The average molecular weight is 633 g/mol. The average Bonchev–Trinajstić information content (AvgIpc) is 3.19. The Labute approximate surface area is 291 Å². The number of benzene rings is 10. The van der Waals surface area contributed by atoms with Crippen molar-refractivity contribution >= 4 is 53.9 Å². The van der Waals surface area contributed by atoms with Gasteiger partial charge in [0.2, 0.25) is 0 Å². The van der Waals surface area contributed by atoms with Crippen molar-refractivity contribution in [2.45, 2.75) is 0 Å². The summed E-state index contributed by atoms with van der Waals surface area (Å²) >= 11 is 0. The Morgan fingerprint density at radius 1 is 0.220 bits per heavy atom. The molecule has 0 aromatic heterocycles. The van der Waals surface area contributed by atoms with Gasteiger partial charge >= 0.3 is 0 Å². The lowest BCUT2D eigenvalue weighted by Crippen LogP contribution is -1.94. The summed E-state index contributed by atoms with van der Waals surface area (Å²) in [5, 5.41) is 12.6. The molecule has 0 saturated heterocycles. The molecule has 10 rings (SSSR count). The van der Waals surface area contributed by atoms with Gasteiger partial charge in [-0.05, 0) is 104 Å². The molecule has 50 heavy (non-hydrogen) atoms. The Morgan fingerprint density at radius 3 is 1.48 bits per heavy atom. The summed E-state index contributed by atoms with van der Waals surface area (Å²) in [4.78, 5) is 0. The molecule has 232 valence electrons. The molecule has 0 aliphatic rings. The Morgan fingerprint density at radius 2 is 0.740 bits per heavy atom. The van der Waals surface area contributed by atoms with E-state index < -0.39 is 0 Å². The highest BCUT2D eigenvalue weighted by Gasteiger charge is 2.21. The summed E-state index contributed by atoms with van der Waals surface area (Å²) in [5.74, 6) is 0. The molecule has 10 aromatic carbocycles. The van der Waals surface area contributed by atoms with Gasteiger partial charge in [0.15, 0.2) is 0 Å². The lowest BCUT2D eigenvalue weighted by molar-refractivity contribution is 1.63. The number of hydrogen-bond acceptors (Lipinski definition) is 0. The Hall–Kier alpha value is -6.50.